The Hall–Kier alpha value is -1.21. The lowest BCUT2D eigenvalue weighted by atomic mass is 10.1. The van der Waals surface area contributed by atoms with E-state index in [1.807, 2.05) is 30.5 Å². The zero-order valence-electron chi connectivity index (χ0n) is 11.8. The molecule has 0 aliphatic rings. The Morgan fingerprint density at radius 3 is 2.81 bits per heavy atom. The van der Waals surface area contributed by atoms with E-state index in [0.717, 1.165) is 10.0 Å². The number of nitrogens with one attached hydrogen (secondary N) is 2. The fraction of sp³-hybridized carbons (Fsp3) is 0.429. The maximum Gasteiger partial charge on any atom is 0.326 e. The van der Waals surface area contributed by atoms with Crippen molar-refractivity contribution in [1.29, 1.82) is 0 Å². The SMILES string of the molecule is CSCCC(NC(=O)NCCc1cccc(Br)c1)C(=O)O. The summed E-state index contributed by atoms with van der Waals surface area (Å²) in [4.78, 5) is 22.7. The van der Waals surface area contributed by atoms with Gasteiger partial charge in [-0.3, -0.25) is 0 Å². The standard InChI is InChI=1S/C14H19BrN2O3S/c1-21-8-6-12(13(18)19)17-14(20)16-7-5-10-3-2-4-11(15)9-10/h2-4,9,12H,5-8H2,1H3,(H,18,19)(H2,16,17,20). The largest absolute Gasteiger partial charge is 0.480 e. The highest BCUT2D eigenvalue weighted by Crippen LogP contribution is 2.11. The van der Waals surface area contributed by atoms with Gasteiger partial charge in [0.2, 0.25) is 0 Å². The van der Waals surface area contributed by atoms with Gasteiger partial charge in [-0.2, -0.15) is 11.8 Å². The highest BCUT2D eigenvalue weighted by molar-refractivity contribution is 9.10. The van der Waals surface area contributed by atoms with Gasteiger partial charge in [0.25, 0.3) is 0 Å². The minimum atomic E-state index is -1.01. The number of aliphatic carboxylic acids is 1. The van der Waals surface area contributed by atoms with Crippen LogP contribution in [0.1, 0.15) is 12.0 Å². The van der Waals surface area contributed by atoms with Crippen molar-refractivity contribution in [3.8, 4) is 0 Å². The first-order valence-corrected chi connectivity index (χ1v) is 8.72. The van der Waals surface area contributed by atoms with E-state index in [2.05, 4.69) is 26.6 Å². The molecule has 0 bridgehead atoms. The van der Waals surface area contributed by atoms with Crippen LogP contribution in [0.15, 0.2) is 28.7 Å². The van der Waals surface area contributed by atoms with Crippen molar-refractivity contribution >= 4 is 39.7 Å². The average molecular weight is 375 g/mol. The second-order valence-electron chi connectivity index (χ2n) is 4.45. The summed E-state index contributed by atoms with van der Waals surface area (Å²) < 4.78 is 0.993. The minimum Gasteiger partial charge on any atom is -0.480 e. The van der Waals surface area contributed by atoms with Gasteiger partial charge in [-0.25, -0.2) is 9.59 Å². The summed E-state index contributed by atoms with van der Waals surface area (Å²) in [5.74, 6) is -0.318. The van der Waals surface area contributed by atoms with Crippen LogP contribution < -0.4 is 10.6 Å². The van der Waals surface area contributed by atoms with Crippen LogP contribution in [0, 0.1) is 0 Å². The van der Waals surface area contributed by atoms with E-state index in [9.17, 15) is 9.59 Å². The van der Waals surface area contributed by atoms with E-state index in [0.29, 0.717) is 25.1 Å². The Kier molecular flexibility index (Phi) is 8.22. The molecule has 0 aromatic heterocycles. The summed E-state index contributed by atoms with van der Waals surface area (Å²) in [6, 6.07) is 6.54. The summed E-state index contributed by atoms with van der Waals surface area (Å²) in [6.45, 7) is 0.456. The van der Waals surface area contributed by atoms with Crippen molar-refractivity contribution in [2.24, 2.45) is 0 Å². The van der Waals surface area contributed by atoms with E-state index >= 15 is 0 Å². The topological polar surface area (TPSA) is 78.4 Å². The molecule has 1 unspecified atom stereocenters. The lowest BCUT2D eigenvalue weighted by Gasteiger charge is -2.14. The van der Waals surface area contributed by atoms with Crippen molar-refractivity contribution in [2.45, 2.75) is 18.9 Å². The molecular weight excluding hydrogens is 356 g/mol. The lowest BCUT2D eigenvalue weighted by Crippen LogP contribution is -2.46. The second kappa shape index (κ2) is 9.68. The van der Waals surface area contributed by atoms with Crippen molar-refractivity contribution in [3.63, 3.8) is 0 Å². The Morgan fingerprint density at radius 2 is 2.19 bits per heavy atom. The van der Waals surface area contributed by atoms with Gasteiger partial charge in [-0.15, -0.1) is 0 Å². The van der Waals surface area contributed by atoms with Crippen LogP contribution in [0.2, 0.25) is 0 Å². The van der Waals surface area contributed by atoms with Gasteiger partial charge in [-0.05, 0) is 42.5 Å². The highest BCUT2D eigenvalue weighted by atomic mass is 79.9. The predicted molar refractivity (Wildman–Crippen MR) is 88.8 cm³/mol. The second-order valence-corrected chi connectivity index (χ2v) is 6.35. The summed E-state index contributed by atoms with van der Waals surface area (Å²) in [5, 5.41) is 14.2. The molecule has 0 radical (unpaired) electrons. The zero-order chi connectivity index (χ0) is 15.7. The van der Waals surface area contributed by atoms with Gasteiger partial charge >= 0.3 is 12.0 Å². The number of thioether (sulfide) groups is 1. The number of hydrogen-bond acceptors (Lipinski definition) is 3. The van der Waals surface area contributed by atoms with Crippen molar-refractivity contribution in [3.05, 3.63) is 34.3 Å². The molecule has 0 heterocycles. The van der Waals surface area contributed by atoms with Gasteiger partial charge in [0.1, 0.15) is 6.04 Å². The molecule has 0 spiro atoms. The van der Waals surface area contributed by atoms with Crippen LogP contribution in [0.5, 0.6) is 0 Å². The first-order chi connectivity index (χ1) is 10.0. The maximum atomic E-state index is 11.7. The number of urea groups is 1. The van der Waals surface area contributed by atoms with Crippen LogP contribution >= 0.6 is 27.7 Å². The summed E-state index contributed by atoms with van der Waals surface area (Å²) in [6.07, 6.45) is 3.00. The molecule has 0 saturated heterocycles. The minimum absolute atomic E-state index is 0.412. The van der Waals surface area contributed by atoms with E-state index < -0.39 is 18.0 Å². The van der Waals surface area contributed by atoms with E-state index in [1.165, 1.54) is 0 Å². The third-order valence-corrected chi connectivity index (χ3v) is 3.94. The Morgan fingerprint density at radius 1 is 1.43 bits per heavy atom. The fourth-order valence-corrected chi connectivity index (χ4v) is 2.63. The first-order valence-electron chi connectivity index (χ1n) is 6.53. The molecule has 1 aromatic rings. The van der Waals surface area contributed by atoms with E-state index in [4.69, 9.17) is 5.11 Å². The number of rotatable bonds is 8. The summed E-state index contributed by atoms with van der Waals surface area (Å²) in [7, 11) is 0. The van der Waals surface area contributed by atoms with Crippen molar-refractivity contribution in [1.82, 2.24) is 10.6 Å². The third-order valence-electron chi connectivity index (χ3n) is 2.80. The molecule has 0 aliphatic carbocycles. The Labute approximate surface area is 137 Å². The van der Waals surface area contributed by atoms with E-state index in [1.54, 1.807) is 11.8 Å². The molecule has 5 nitrogen and oxygen atoms in total. The number of amides is 2. The number of hydrogen-bond donors (Lipinski definition) is 3. The van der Waals surface area contributed by atoms with Crippen LogP contribution in [0.25, 0.3) is 0 Å². The van der Waals surface area contributed by atoms with Crippen molar-refractivity contribution < 1.29 is 14.7 Å². The predicted octanol–water partition coefficient (Wildman–Crippen LogP) is 2.50. The first kappa shape index (κ1) is 17.8. The smallest absolute Gasteiger partial charge is 0.326 e. The molecule has 7 heteroatoms. The monoisotopic (exact) mass is 374 g/mol. The molecule has 0 aliphatic heterocycles. The van der Waals surface area contributed by atoms with Crippen molar-refractivity contribution in [2.75, 3.05) is 18.6 Å². The normalized spacial score (nSPS) is 11.7. The number of carbonyl (C=O) groups is 2. The quantitative estimate of drug-likeness (QED) is 0.653. The molecular formula is C14H19BrN2O3S. The Bertz CT molecular complexity index is 485. The van der Waals surface area contributed by atoms with Crippen LogP contribution in [0.4, 0.5) is 4.79 Å². The van der Waals surface area contributed by atoms with Crippen LogP contribution in [-0.2, 0) is 11.2 Å². The van der Waals surface area contributed by atoms with E-state index in [-0.39, 0.29) is 0 Å². The molecule has 1 rings (SSSR count). The van der Waals surface area contributed by atoms with Gasteiger partial charge in [0, 0.05) is 11.0 Å². The molecule has 21 heavy (non-hydrogen) atoms. The lowest BCUT2D eigenvalue weighted by molar-refractivity contribution is -0.139. The number of carbonyl (C=O) groups excluding carboxylic acids is 1. The molecule has 2 amide bonds. The molecule has 116 valence electrons. The fourth-order valence-electron chi connectivity index (χ4n) is 1.72. The third kappa shape index (κ3) is 7.38. The zero-order valence-corrected chi connectivity index (χ0v) is 14.2. The summed E-state index contributed by atoms with van der Waals surface area (Å²) in [5.41, 5.74) is 1.10. The number of carboxylic acid groups (broad SMARTS) is 1. The molecule has 0 saturated carbocycles. The Balaban J connectivity index is 2.34. The molecule has 1 atom stereocenters. The number of benzene rings is 1. The maximum absolute atomic E-state index is 11.7. The van der Waals surface area contributed by atoms with Gasteiger partial charge in [-0.1, -0.05) is 28.1 Å². The van der Waals surface area contributed by atoms with Gasteiger partial charge < -0.3 is 15.7 Å². The van der Waals surface area contributed by atoms with Gasteiger partial charge in [0.05, 0.1) is 0 Å². The molecule has 0 fully saturated rings. The van der Waals surface area contributed by atoms with Crippen LogP contribution in [0.3, 0.4) is 0 Å². The average Bonchev–Trinajstić information content (AvgIpc) is 2.43. The summed E-state index contributed by atoms with van der Waals surface area (Å²) >= 11 is 4.94. The highest BCUT2D eigenvalue weighted by Gasteiger charge is 2.18. The number of carboxylic acids is 1. The van der Waals surface area contributed by atoms with Gasteiger partial charge in [0.15, 0.2) is 0 Å². The van der Waals surface area contributed by atoms with Crippen LogP contribution in [-0.4, -0.2) is 41.7 Å². The number of halogens is 1. The molecule has 1 aromatic carbocycles. The molecule has 3 N–H and O–H groups in total.